The smallest absolute Gasteiger partial charge is 0.397 e. The Balaban J connectivity index is 1.71. The van der Waals surface area contributed by atoms with Gasteiger partial charge in [-0.2, -0.15) is 0 Å². The van der Waals surface area contributed by atoms with Gasteiger partial charge in [-0.05, 0) is 30.3 Å². The maximum absolute atomic E-state index is 12.6. The highest BCUT2D eigenvalue weighted by molar-refractivity contribution is 6.11. The Kier molecular flexibility index (Phi) is 3.70. The molecule has 4 rings (SSSR count). The van der Waals surface area contributed by atoms with Gasteiger partial charge in [0.15, 0.2) is 11.6 Å². The average Bonchev–Trinajstić information content (AvgIpc) is 3.29. The van der Waals surface area contributed by atoms with E-state index in [1.165, 1.54) is 12.1 Å². The topological polar surface area (TPSA) is 114 Å². The number of furan rings is 1. The quantitative estimate of drug-likeness (QED) is 0.427. The Bertz CT molecular complexity index is 1110. The van der Waals surface area contributed by atoms with E-state index in [1.807, 2.05) is 18.2 Å². The third kappa shape index (κ3) is 2.80. The van der Waals surface area contributed by atoms with Crippen molar-refractivity contribution in [2.75, 3.05) is 5.32 Å². The molecule has 4 aromatic rings. The first-order valence-corrected chi connectivity index (χ1v) is 7.71. The summed E-state index contributed by atoms with van der Waals surface area (Å²) in [6.45, 7) is 0. The maximum Gasteiger partial charge on any atom is 0.433 e. The van der Waals surface area contributed by atoms with E-state index in [0.717, 1.165) is 0 Å². The Morgan fingerprint density at radius 2 is 1.88 bits per heavy atom. The van der Waals surface area contributed by atoms with Crippen LogP contribution < -0.4 is 5.32 Å². The van der Waals surface area contributed by atoms with Crippen LogP contribution in [-0.2, 0) is 0 Å². The number of rotatable bonds is 4. The van der Waals surface area contributed by atoms with E-state index < -0.39 is 4.92 Å². The number of aromatic amines is 1. The summed E-state index contributed by atoms with van der Waals surface area (Å²) in [5.41, 5.74) is 2.14. The van der Waals surface area contributed by atoms with Crippen LogP contribution in [0.1, 0.15) is 10.4 Å². The number of hydrogen-bond donors (Lipinski definition) is 2. The molecule has 2 heterocycles. The van der Waals surface area contributed by atoms with Gasteiger partial charge in [-0.25, -0.2) is 4.98 Å². The van der Waals surface area contributed by atoms with Crippen molar-refractivity contribution in [1.82, 2.24) is 9.97 Å². The van der Waals surface area contributed by atoms with Gasteiger partial charge in [0.25, 0.3) is 5.91 Å². The zero-order valence-corrected chi connectivity index (χ0v) is 13.3. The van der Waals surface area contributed by atoms with Crippen molar-refractivity contribution in [3.63, 3.8) is 0 Å². The molecule has 0 fully saturated rings. The van der Waals surface area contributed by atoms with E-state index in [-0.39, 0.29) is 17.6 Å². The number of benzene rings is 2. The second-order valence-electron chi connectivity index (χ2n) is 5.50. The second-order valence-corrected chi connectivity index (χ2v) is 5.50. The number of nitro groups is 1. The maximum atomic E-state index is 12.6. The minimum atomic E-state index is -0.620. The molecule has 0 unspecified atom stereocenters. The van der Waals surface area contributed by atoms with Crippen LogP contribution in [0.3, 0.4) is 0 Å². The summed E-state index contributed by atoms with van der Waals surface area (Å²) in [4.78, 5) is 30.1. The van der Waals surface area contributed by atoms with Crippen LogP contribution in [0.25, 0.3) is 22.6 Å². The van der Waals surface area contributed by atoms with Crippen LogP contribution in [0.15, 0.2) is 65.1 Å². The second kappa shape index (κ2) is 6.17. The summed E-state index contributed by atoms with van der Waals surface area (Å²) in [7, 11) is 0. The van der Waals surface area contributed by atoms with Crippen molar-refractivity contribution in [2.24, 2.45) is 0 Å². The molecule has 2 N–H and O–H groups in total. The number of nitrogens with zero attached hydrogens (tertiary/aromatic N) is 2. The van der Waals surface area contributed by atoms with E-state index in [4.69, 9.17) is 4.42 Å². The number of carbonyl (C=O) groups is 1. The number of carbonyl (C=O) groups excluding carboxylic acids is 1. The fourth-order valence-electron chi connectivity index (χ4n) is 2.61. The van der Waals surface area contributed by atoms with Crippen LogP contribution in [0.4, 0.5) is 11.6 Å². The summed E-state index contributed by atoms with van der Waals surface area (Å²) in [6, 6.07) is 17.0. The molecule has 0 atom stereocenters. The minimum Gasteiger partial charge on any atom is -0.397 e. The summed E-state index contributed by atoms with van der Waals surface area (Å²) in [5, 5.41) is 13.6. The van der Waals surface area contributed by atoms with Crippen molar-refractivity contribution in [3.05, 3.63) is 76.3 Å². The van der Waals surface area contributed by atoms with Crippen molar-refractivity contribution < 1.29 is 14.1 Å². The molecule has 1 amide bonds. The van der Waals surface area contributed by atoms with E-state index >= 15 is 0 Å². The highest BCUT2D eigenvalue weighted by Crippen LogP contribution is 2.27. The molecule has 2 aromatic carbocycles. The molecule has 0 aliphatic rings. The van der Waals surface area contributed by atoms with Gasteiger partial charge in [0.2, 0.25) is 0 Å². The van der Waals surface area contributed by atoms with Gasteiger partial charge in [-0.15, -0.1) is 0 Å². The first-order chi connectivity index (χ1) is 12.6. The lowest BCUT2D eigenvalue weighted by molar-refractivity contribution is -0.401. The summed E-state index contributed by atoms with van der Waals surface area (Å²) < 4.78 is 5.16. The van der Waals surface area contributed by atoms with Gasteiger partial charge in [0.1, 0.15) is 10.4 Å². The lowest BCUT2D eigenvalue weighted by atomic mass is 10.1. The molecule has 0 saturated heterocycles. The van der Waals surface area contributed by atoms with Gasteiger partial charge < -0.3 is 14.7 Å². The SMILES string of the molecule is O=C(Nc1ccccc1)c1cccc2[nH]c(-c3ccc([N+](=O)[O-])o3)nc12. The average molecular weight is 348 g/mol. The number of anilines is 1. The highest BCUT2D eigenvalue weighted by Gasteiger charge is 2.18. The van der Waals surface area contributed by atoms with Gasteiger partial charge >= 0.3 is 5.88 Å². The number of para-hydroxylation sites is 2. The number of imidazole rings is 1. The van der Waals surface area contributed by atoms with Crippen LogP contribution >= 0.6 is 0 Å². The van der Waals surface area contributed by atoms with Gasteiger partial charge in [0, 0.05) is 5.69 Å². The number of H-pyrrole nitrogens is 1. The lowest BCUT2D eigenvalue weighted by Crippen LogP contribution is -2.12. The Morgan fingerprint density at radius 3 is 2.62 bits per heavy atom. The number of fused-ring (bicyclic) bond motifs is 1. The monoisotopic (exact) mass is 348 g/mol. The van der Waals surface area contributed by atoms with E-state index in [1.54, 1.807) is 30.3 Å². The van der Waals surface area contributed by atoms with Crippen LogP contribution in [-0.4, -0.2) is 20.8 Å². The molecule has 0 spiro atoms. The summed E-state index contributed by atoms with van der Waals surface area (Å²) in [6.07, 6.45) is 0. The summed E-state index contributed by atoms with van der Waals surface area (Å²) >= 11 is 0. The molecular weight excluding hydrogens is 336 g/mol. The molecule has 0 aliphatic carbocycles. The van der Waals surface area contributed by atoms with Crippen molar-refractivity contribution >= 4 is 28.5 Å². The van der Waals surface area contributed by atoms with Crippen molar-refractivity contribution in [2.45, 2.75) is 0 Å². The Hall–Kier alpha value is -3.94. The molecule has 128 valence electrons. The number of hydrogen-bond acceptors (Lipinski definition) is 5. The predicted octanol–water partition coefficient (Wildman–Crippen LogP) is 3.98. The van der Waals surface area contributed by atoms with Gasteiger partial charge in [-0.1, -0.05) is 24.3 Å². The fourth-order valence-corrected chi connectivity index (χ4v) is 2.61. The predicted molar refractivity (Wildman–Crippen MR) is 94.8 cm³/mol. The largest absolute Gasteiger partial charge is 0.433 e. The molecule has 0 radical (unpaired) electrons. The Labute approximate surface area is 146 Å². The van der Waals surface area contributed by atoms with E-state index in [9.17, 15) is 14.9 Å². The first kappa shape index (κ1) is 15.6. The zero-order chi connectivity index (χ0) is 18.1. The molecular formula is C18H12N4O4. The lowest BCUT2D eigenvalue weighted by Gasteiger charge is -2.05. The Morgan fingerprint density at radius 1 is 1.08 bits per heavy atom. The molecule has 26 heavy (non-hydrogen) atoms. The minimum absolute atomic E-state index is 0.224. The fraction of sp³-hybridized carbons (Fsp3) is 0. The first-order valence-electron chi connectivity index (χ1n) is 7.71. The third-order valence-corrected chi connectivity index (χ3v) is 3.79. The van der Waals surface area contributed by atoms with Crippen LogP contribution in [0.2, 0.25) is 0 Å². The molecule has 8 heteroatoms. The van der Waals surface area contributed by atoms with Gasteiger partial charge in [0.05, 0.1) is 17.1 Å². The molecule has 0 bridgehead atoms. The highest BCUT2D eigenvalue weighted by atomic mass is 16.6. The van der Waals surface area contributed by atoms with Crippen molar-refractivity contribution in [1.29, 1.82) is 0 Å². The number of amides is 1. The third-order valence-electron chi connectivity index (χ3n) is 3.79. The van der Waals surface area contributed by atoms with Crippen molar-refractivity contribution in [3.8, 4) is 11.6 Å². The molecule has 0 aliphatic heterocycles. The van der Waals surface area contributed by atoms with Crippen LogP contribution in [0, 0.1) is 10.1 Å². The van der Waals surface area contributed by atoms with Gasteiger partial charge in [-0.3, -0.25) is 14.9 Å². The van der Waals surface area contributed by atoms with E-state index in [0.29, 0.717) is 28.1 Å². The molecule has 8 nitrogen and oxygen atoms in total. The standard InChI is InChI=1S/C18H12N4O4/c23-18(19-11-5-2-1-3-6-11)12-7-4-8-13-16(12)21-17(20-13)14-9-10-15(26-14)22(24)25/h1-10H,(H,19,23)(H,20,21). The number of nitrogens with one attached hydrogen (secondary N) is 2. The molecule has 2 aromatic heterocycles. The normalized spacial score (nSPS) is 10.8. The summed E-state index contributed by atoms with van der Waals surface area (Å²) in [5.74, 6) is -0.136. The zero-order valence-electron chi connectivity index (χ0n) is 13.3. The number of aromatic nitrogens is 2. The van der Waals surface area contributed by atoms with Crippen LogP contribution in [0.5, 0.6) is 0 Å². The van der Waals surface area contributed by atoms with E-state index in [2.05, 4.69) is 15.3 Å². The molecule has 0 saturated carbocycles.